The van der Waals surface area contributed by atoms with Crippen LogP contribution in [0.5, 0.6) is 0 Å². The van der Waals surface area contributed by atoms with Gasteiger partial charge in [-0.25, -0.2) is 4.79 Å². The van der Waals surface area contributed by atoms with Gasteiger partial charge >= 0.3 is 6.09 Å². The first-order valence-electron chi connectivity index (χ1n) is 13.5. The van der Waals surface area contributed by atoms with E-state index in [0.717, 1.165) is 36.4 Å². The van der Waals surface area contributed by atoms with Crippen LogP contribution in [0.1, 0.15) is 40.6 Å². The molecule has 3 heterocycles. The third-order valence-electron chi connectivity index (χ3n) is 6.97. The summed E-state index contributed by atoms with van der Waals surface area (Å²) in [5, 5.41) is 14.1. The van der Waals surface area contributed by atoms with E-state index in [1.165, 1.54) is 11.3 Å². The Balaban J connectivity index is 1.27. The minimum Gasteiger partial charge on any atom is -0.444 e. The summed E-state index contributed by atoms with van der Waals surface area (Å²) in [7, 11) is 0. The Morgan fingerprint density at radius 3 is 2.73 bits per heavy atom. The van der Waals surface area contributed by atoms with Crippen molar-refractivity contribution in [2.24, 2.45) is 0 Å². The number of thiazole rings is 1. The summed E-state index contributed by atoms with van der Waals surface area (Å²) in [6.45, 7) is 4.17. The van der Waals surface area contributed by atoms with E-state index in [2.05, 4.69) is 20.2 Å². The zero-order valence-corrected chi connectivity index (χ0v) is 23.2. The van der Waals surface area contributed by atoms with Crippen LogP contribution in [0.3, 0.4) is 0 Å². The van der Waals surface area contributed by atoms with E-state index < -0.39 is 18.2 Å². The van der Waals surface area contributed by atoms with Crippen LogP contribution in [0.25, 0.3) is 11.1 Å². The van der Waals surface area contributed by atoms with Crippen molar-refractivity contribution in [2.75, 3.05) is 31.1 Å². The lowest BCUT2D eigenvalue weighted by Crippen LogP contribution is -2.50. The minimum absolute atomic E-state index is 0.0232. The van der Waals surface area contributed by atoms with Gasteiger partial charge in [0.05, 0.1) is 22.5 Å². The van der Waals surface area contributed by atoms with E-state index in [9.17, 15) is 14.7 Å². The molecule has 1 aliphatic rings. The Morgan fingerprint density at radius 1 is 1.20 bits per heavy atom. The molecule has 0 aliphatic carbocycles. The summed E-state index contributed by atoms with van der Waals surface area (Å²) >= 11 is 1.39. The average molecular weight is 564 g/mol. The maximum absolute atomic E-state index is 13.5. The fraction of sp³-hybridized carbons (Fsp3) is 0.379. The number of benzene rings is 2. The van der Waals surface area contributed by atoms with Gasteiger partial charge in [0.25, 0.3) is 11.9 Å². The van der Waals surface area contributed by atoms with Crippen LogP contribution in [0.15, 0.2) is 64.7 Å². The summed E-state index contributed by atoms with van der Waals surface area (Å²) in [5.74, 6) is -0.242. The molecule has 4 aromatic rings. The summed E-state index contributed by atoms with van der Waals surface area (Å²) < 4.78 is 11.3. The lowest BCUT2D eigenvalue weighted by atomic mass is 10.0. The molecule has 11 heteroatoms. The van der Waals surface area contributed by atoms with Crippen LogP contribution in [0, 0.1) is 0 Å². The minimum atomic E-state index is -1.05. The van der Waals surface area contributed by atoms with Crippen molar-refractivity contribution in [1.29, 1.82) is 0 Å². The van der Waals surface area contributed by atoms with E-state index in [0.29, 0.717) is 35.6 Å². The highest BCUT2D eigenvalue weighted by atomic mass is 32.1. The monoisotopic (exact) mass is 563 g/mol. The molecule has 1 aliphatic heterocycles. The molecule has 0 saturated carbocycles. The molecule has 2 atom stereocenters. The number of carbonyl (C=O) groups excluding carboxylic acids is 2. The topological polar surface area (TPSA) is 121 Å². The van der Waals surface area contributed by atoms with Crippen molar-refractivity contribution in [2.45, 2.75) is 44.9 Å². The van der Waals surface area contributed by atoms with Crippen molar-refractivity contribution in [3.8, 4) is 0 Å². The van der Waals surface area contributed by atoms with Gasteiger partial charge in [-0.3, -0.25) is 9.78 Å². The average Bonchev–Trinajstić information content (AvgIpc) is 3.76. The van der Waals surface area contributed by atoms with E-state index in [1.807, 2.05) is 37.3 Å². The first-order chi connectivity index (χ1) is 19.5. The van der Waals surface area contributed by atoms with Gasteiger partial charge in [0.15, 0.2) is 5.58 Å². The molecular formula is C29H33N5O5S. The lowest BCUT2D eigenvalue weighted by molar-refractivity contribution is 0.0534. The standard InChI is InChI=1S/C29H33N5O5S/c1-2-33(27(36)21-10-11-23-26(15-21)39-28(31-23)34-12-6-7-13-34)17-25(35)24(14-20-8-4-3-5-9-20)32-29(37)38-18-22-16-30-19-40-22/h3-5,8-11,15-16,19,24-25,35H,2,6-7,12-14,17-18H2,1H3,(H,32,37)/t24-,25+/m0/s1. The number of carbonyl (C=O) groups is 2. The molecular weight excluding hydrogens is 530 g/mol. The maximum Gasteiger partial charge on any atom is 0.407 e. The predicted octanol–water partition coefficient (Wildman–Crippen LogP) is 4.25. The van der Waals surface area contributed by atoms with Crippen LogP contribution in [0.2, 0.25) is 0 Å². The van der Waals surface area contributed by atoms with Crippen LogP contribution in [-0.4, -0.2) is 70.3 Å². The van der Waals surface area contributed by atoms with Gasteiger partial charge in [0.2, 0.25) is 0 Å². The number of aliphatic hydroxyl groups excluding tert-OH is 1. The molecule has 210 valence electrons. The molecule has 0 radical (unpaired) electrons. The van der Waals surface area contributed by atoms with Gasteiger partial charge in [0.1, 0.15) is 12.1 Å². The van der Waals surface area contributed by atoms with Gasteiger partial charge in [0, 0.05) is 37.9 Å². The van der Waals surface area contributed by atoms with Crippen molar-refractivity contribution in [1.82, 2.24) is 20.2 Å². The molecule has 0 spiro atoms. The number of hydrogen-bond acceptors (Lipinski definition) is 9. The van der Waals surface area contributed by atoms with E-state index in [-0.39, 0.29) is 19.1 Å². The summed E-state index contributed by atoms with van der Waals surface area (Å²) in [6.07, 6.45) is 2.54. The number of hydrogen-bond donors (Lipinski definition) is 2. The molecule has 5 rings (SSSR count). The van der Waals surface area contributed by atoms with Crippen molar-refractivity contribution >= 4 is 40.5 Å². The van der Waals surface area contributed by atoms with Crippen molar-refractivity contribution in [3.63, 3.8) is 0 Å². The van der Waals surface area contributed by atoms with Crippen molar-refractivity contribution in [3.05, 3.63) is 76.2 Å². The van der Waals surface area contributed by atoms with Crippen LogP contribution < -0.4 is 10.2 Å². The number of likely N-dealkylation sites (N-methyl/N-ethyl adjacent to an activating group) is 1. The number of nitrogens with one attached hydrogen (secondary N) is 1. The molecule has 1 saturated heterocycles. The number of aliphatic hydroxyl groups is 1. The largest absolute Gasteiger partial charge is 0.444 e. The molecule has 2 amide bonds. The first-order valence-corrected chi connectivity index (χ1v) is 14.4. The number of alkyl carbamates (subject to hydrolysis) is 1. The van der Waals surface area contributed by atoms with Gasteiger partial charge in [-0.2, -0.15) is 4.98 Å². The maximum atomic E-state index is 13.5. The molecule has 1 fully saturated rings. The SMILES string of the molecule is CCN(C[C@@H](O)[C@H](Cc1ccccc1)NC(=O)OCc1cncs1)C(=O)c1ccc2nc(N3CCCC3)oc2c1. The van der Waals surface area contributed by atoms with Crippen molar-refractivity contribution < 1.29 is 23.8 Å². The molecule has 0 unspecified atom stereocenters. The predicted molar refractivity (Wildman–Crippen MR) is 152 cm³/mol. The van der Waals surface area contributed by atoms with Gasteiger partial charge in [-0.05, 0) is 49.9 Å². The molecule has 2 N–H and O–H groups in total. The second-order valence-electron chi connectivity index (χ2n) is 9.77. The number of ether oxygens (including phenoxy) is 1. The number of amides is 2. The fourth-order valence-corrected chi connectivity index (χ4v) is 5.28. The van der Waals surface area contributed by atoms with E-state index in [4.69, 9.17) is 9.15 Å². The van der Waals surface area contributed by atoms with Gasteiger partial charge < -0.3 is 29.4 Å². The second kappa shape index (κ2) is 12.9. The highest BCUT2D eigenvalue weighted by Crippen LogP contribution is 2.26. The highest BCUT2D eigenvalue weighted by Gasteiger charge is 2.27. The highest BCUT2D eigenvalue weighted by molar-refractivity contribution is 7.09. The molecule has 10 nitrogen and oxygen atoms in total. The van der Waals surface area contributed by atoms with E-state index >= 15 is 0 Å². The van der Waals surface area contributed by atoms with Gasteiger partial charge in [-0.15, -0.1) is 11.3 Å². The first kappa shape index (κ1) is 27.6. The lowest BCUT2D eigenvalue weighted by Gasteiger charge is -2.29. The van der Waals surface area contributed by atoms with Crippen LogP contribution >= 0.6 is 11.3 Å². The Labute approximate surface area is 236 Å². The zero-order valence-electron chi connectivity index (χ0n) is 22.4. The number of aromatic nitrogens is 2. The third-order valence-corrected chi connectivity index (χ3v) is 7.73. The number of fused-ring (bicyclic) bond motifs is 1. The Morgan fingerprint density at radius 2 is 2.00 bits per heavy atom. The molecule has 40 heavy (non-hydrogen) atoms. The molecule has 2 aromatic heterocycles. The molecule has 2 aromatic carbocycles. The van der Waals surface area contributed by atoms with Gasteiger partial charge in [-0.1, -0.05) is 30.3 Å². The number of anilines is 1. The number of rotatable bonds is 11. The smallest absolute Gasteiger partial charge is 0.407 e. The zero-order chi connectivity index (χ0) is 27.9. The van der Waals surface area contributed by atoms with E-state index in [1.54, 1.807) is 34.8 Å². The quantitative estimate of drug-likeness (QED) is 0.278. The van der Waals surface area contributed by atoms with Crippen LogP contribution in [0.4, 0.5) is 10.8 Å². The Bertz CT molecular complexity index is 1400. The Hall–Kier alpha value is -3.96. The second-order valence-corrected chi connectivity index (χ2v) is 10.7. The summed E-state index contributed by atoms with van der Waals surface area (Å²) in [5.41, 5.74) is 4.30. The fourth-order valence-electron chi connectivity index (χ4n) is 4.77. The summed E-state index contributed by atoms with van der Waals surface area (Å²) in [4.78, 5) is 39.1. The molecule has 0 bridgehead atoms. The number of nitrogens with zero attached hydrogens (tertiary/aromatic N) is 4. The number of oxazole rings is 1. The van der Waals surface area contributed by atoms with Crippen LogP contribution in [-0.2, 0) is 17.8 Å². The summed E-state index contributed by atoms with van der Waals surface area (Å²) in [6, 6.07) is 14.7. The third kappa shape index (κ3) is 6.78. The Kier molecular flexibility index (Phi) is 8.92. The normalized spacial score (nSPS) is 14.7.